The number of hydrogen-bond donors (Lipinski definition) is 2. The molecule has 2 heteroatoms. The fraction of sp³-hybridized carbons (Fsp3) is 0.714. The van der Waals surface area contributed by atoms with Crippen molar-refractivity contribution < 1.29 is 0 Å². The van der Waals surface area contributed by atoms with E-state index in [2.05, 4.69) is 11.9 Å². The molecule has 0 heterocycles. The second-order valence-corrected chi connectivity index (χ2v) is 2.22. The number of unbranched alkanes of at least 4 members (excludes halogenated alkanes) is 1. The molecule has 54 valence electrons. The Hall–Kier alpha value is -0.500. The number of rotatable bonds is 5. The summed E-state index contributed by atoms with van der Waals surface area (Å²) < 4.78 is 0. The van der Waals surface area contributed by atoms with Gasteiger partial charge in [-0.1, -0.05) is 6.58 Å². The highest BCUT2D eigenvalue weighted by molar-refractivity contribution is 4.84. The molecule has 9 heavy (non-hydrogen) atoms. The average Bonchev–Trinajstić information content (AvgIpc) is 1.80. The van der Waals surface area contributed by atoms with Gasteiger partial charge in [0.2, 0.25) is 0 Å². The topological polar surface area (TPSA) is 38.0 Å². The Balaban J connectivity index is 2.83. The molecule has 0 spiro atoms. The van der Waals surface area contributed by atoms with Gasteiger partial charge in [-0.3, -0.25) is 0 Å². The van der Waals surface area contributed by atoms with Gasteiger partial charge in [0.05, 0.1) is 0 Å². The van der Waals surface area contributed by atoms with Crippen molar-refractivity contribution >= 4 is 0 Å². The molecule has 0 saturated heterocycles. The first-order chi connectivity index (χ1) is 4.27. The zero-order valence-electron chi connectivity index (χ0n) is 6.11. The molecular formula is C7H16N2. The van der Waals surface area contributed by atoms with Crippen LogP contribution in [0, 0.1) is 0 Å². The van der Waals surface area contributed by atoms with E-state index in [0.29, 0.717) is 0 Å². The number of hydrogen-bond acceptors (Lipinski definition) is 2. The third-order valence-electron chi connectivity index (χ3n) is 1.17. The molecule has 0 atom stereocenters. The lowest BCUT2D eigenvalue weighted by molar-refractivity contribution is 0.673. The van der Waals surface area contributed by atoms with Gasteiger partial charge in [0, 0.05) is 5.70 Å². The van der Waals surface area contributed by atoms with Crippen molar-refractivity contribution in [1.82, 2.24) is 5.32 Å². The summed E-state index contributed by atoms with van der Waals surface area (Å²) in [6, 6.07) is 0. The van der Waals surface area contributed by atoms with Crippen molar-refractivity contribution in [3.05, 3.63) is 12.3 Å². The van der Waals surface area contributed by atoms with Crippen LogP contribution in [0.15, 0.2) is 12.3 Å². The van der Waals surface area contributed by atoms with E-state index in [1.54, 1.807) is 0 Å². The van der Waals surface area contributed by atoms with Crippen molar-refractivity contribution in [3.8, 4) is 0 Å². The molecule has 0 aromatic carbocycles. The molecule has 2 nitrogen and oxygen atoms in total. The third kappa shape index (κ3) is 7.50. The van der Waals surface area contributed by atoms with Crippen molar-refractivity contribution in [2.75, 3.05) is 13.6 Å². The predicted molar refractivity (Wildman–Crippen MR) is 41.1 cm³/mol. The zero-order valence-corrected chi connectivity index (χ0v) is 6.11. The van der Waals surface area contributed by atoms with Crippen LogP contribution in [0.5, 0.6) is 0 Å². The van der Waals surface area contributed by atoms with Gasteiger partial charge in [-0.15, -0.1) is 0 Å². The van der Waals surface area contributed by atoms with Crippen molar-refractivity contribution in [2.45, 2.75) is 19.3 Å². The van der Waals surface area contributed by atoms with Crippen LogP contribution in [0.4, 0.5) is 0 Å². The molecule has 0 aromatic heterocycles. The summed E-state index contributed by atoms with van der Waals surface area (Å²) in [6.45, 7) is 4.69. The molecule has 0 amide bonds. The summed E-state index contributed by atoms with van der Waals surface area (Å²) in [6.07, 6.45) is 3.30. The Labute approximate surface area is 57.1 Å². The molecule has 3 N–H and O–H groups in total. The lowest BCUT2D eigenvalue weighted by Gasteiger charge is -1.98. The molecule has 0 radical (unpaired) electrons. The lowest BCUT2D eigenvalue weighted by Crippen LogP contribution is -2.07. The Kier molecular flexibility index (Phi) is 5.32. The number of nitrogens with two attached hydrogens (primary N) is 1. The molecule has 0 aromatic rings. The lowest BCUT2D eigenvalue weighted by atomic mass is 10.2. The average molecular weight is 128 g/mol. The number of allylic oxidation sites excluding steroid dienone is 1. The summed E-state index contributed by atoms with van der Waals surface area (Å²) >= 11 is 0. The van der Waals surface area contributed by atoms with E-state index in [9.17, 15) is 0 Å². The smallest absolute Gasteiger partial charge is 0.000744 e. The Morgan fingerprint density at radius 3 is 2.67 bits per heavy atom. The fourth-order valence-electron chi connectivity index (χ4n) is 0.654. The summed E-state index contributed by atoms with van der Waals surface area (Å²) in [5.74, 6) is 0. The Morgan fingerprint density at radius 2 is 2.22 bits per heavy atom. The molecule has 0 rings (SSSR count). The molecule has 0 aliphatic carbocycles. The fourth-order valence-corrected chi connectivity index (χ4v) is 0.654. The zero-order chi connectivity index (χ0) is 7.11. The van der Waals surface area contributed by atoms with Crippen LogP contribution >= 0.6 is 0 Å². The van der Waals surface area contributed by atoms with E-state index in [1.165, 1.54) is 6.42 Å². The van der Waals surface area contributed by atoms with Crippen LogP contribution in [0.2, 0.25) is 0 Å². The van der Waals surface area contributed by atoms with Crippen LogP contribution in [-0.4, -0.2) is 13.6 Å². The Bertz CT molecular complexity index is 79.0. The maximum Gasteiger partial charge on any atom is 0.000744 e. The summed E-state index contributed by atoms with van der Waals surface area (Å²) in [7, 11) is 1.96. The van der Waals surface area contributed by atoms with Gasteiger partial charge in [0.25, 0.3) is 0 Å². The highest BCUT2D eigenvalue weighted by Gasteiger charge is 1.86. The predicted octanol–water partition coefficient (Wildman–Crippen LogP) is 0.848. The molecule has 0 saturated carbocycles. The monoisotopic (exact) mass is 128 g/mol. The molecule has 0 unspecified atom stereocenters. The van der Waals surface area contributed by atoms with E-state index >= 15 is 0 Å². The van der Waals surface area contributed by atoms with Gasteiger partial charge in [-0.05, 0) is 32.9 Å². The normalized spacial score (nSPS) is 9.44. The Morgan fingerprint density at radius 1 is 1.56 bits per heavy atom. The minimum Gasteiger partial charge on any atom is -0.403 e. The van der Waals surface area contributed by atoms with E-state index in [-0.39, 0.29) is 0 Å². The highest BCUT2D eigenvalue weighted by atomic mass is 14.8. The number of nitrogens with one attached hydrogen (secondary N) is 1. The van der Waals surface area contributed by atoms with Gasteiger partial charge >= 0.3 is 0 Å². The first-order valence-corrected chi connectivity index (χ1v) is 3.35. The summed E-state index contributed by atoms with van der Waals surface area (Å²) in [5, 5.41) is 3.07. The first-order valence-electron chi connectivity index (χ1n) is 3.35. The minimum absolute atomic E-state index is 0.797. The molecule has 0 aliphatic rings. The van der Waals surface area contributed by atoms with Crippen molar-refractivity contribution in [2.24, 2.45) is 5.73 Å². The van der Waals surface area contributed by atoms with Crippen LogP contribution in [0.1, 0.15) is 19.3 Å². The third-order valence-corrected chi connectivity index (χ3v) is 1.17. The van der Waals surface area contributed by atoms with Gasteiger partial charge in [-0.2, -0.15) is 0 Å². The van der Waals surface area contributed by atoms with E-state index in [1.807, 2.05) is 7.05 Å². The van der Waals surface area contributed by atoms with Gasteiger partial charge in [-0.25, -0.2) is 0 Å². The van der Waals surface area contributed by atoms with Gasteiger partial charge < -0.3 is 11.1 Å². The maximum absolute atomic E-state index is 5.36. The summed E-state index contributed by atoms with van der Waals surface area (Å²) in [5.41, 5.74) is 6.16. The highest BCUT2D eigenvalue weighted by Crippen LogP contribution is 1.97. The van der Waals surface area contributed by atoms with Crippen molar-refractivity contribution in [1.29, 1.82) is 0 Å². The SMILES string of the molecule is C=C(N)CCCCNC. The van der Waals surface area contributed by atoms with Crippen molar-refractivity contribution in [3.63, 3.8) is 0 Å². The quantitative estimate of drug-likeness (QED) is 0.539. The standard InChI is InChI=1S/C7H16N2/c1-7(8)5-3-4-6-9-2/h9H,1,3-6,8H2,2H3. The first kappa shape index (κ1) is 8.50. The summed E-state index contributed by atoms with van der Waals surface area (Å²) in [4.78, 5) is 0. The maximum atomic E-state index is 5.36. The largest absolute Gasteiger partial charge is 0.403 e. The van der Waals surface area contributed by atoms with E-state index < -0.39 is 0 Å². The van der Waals surface area contributed by atoms with Crippen LogP contribution in [0.25, 0.3) is 0 Å². The van der Waals surface area contributed by atoms with Gasteiger partial charge in [0.1, 0.15) is 0 Å². The second kappa shape index (κ2) is 5.63. The van der Waals surface area contributed by atoms with Crippen LogP contribution in [0.3, 0.4) is 0 Å². The van der Waals surface area contributed by atoms with Crippen LogP contribution < -0.4 is 11.1 Å². The molecular weight excluding hydrogens is 112 g/mol. The van der Waals surface area contributed by atoms with E-state index in [0.717, 1.165) is 25.1 Å². The molecule has 0 fully saturated rings. The minimum atomic E-state index is 0.797. The molecule has 0 aliphatic heterocycles. The molecule has 0 bridgehead atoms. The van der Waals surface area contributed by atoms with Gasteiger partial charge in [0.15, 0.2) is 0 Å². The second-order valence-electron chi connectivity index (χ2n) is 2.22. The van der Waals surface area contributed by atoms with E-state index in [4.69, 9.17) is 5.73 Å². The van der Waals surface area contributed by atoms with Crippen LogP contribution in [-0.2, 0) is 0 Å².